The number of carbonyl (C=O) groups is 2. The van der Waals surface area contributed by atoms with Gasteiger partial charge in [0.05, 0.1) is 6.42 Å². The minimum absolute atomic E-state index is 0.0795. The Morgan fingerprint density at radius 1 is 1.25 bits per heavy atom. The van der Waals surface area contributed by atoms with Gasteiger partial charge in [-0.15, -0.1) is 0 Å². The van der Waals surface area contributed by atoms with E-state index in [-0.39, 0.29) is 17.3 Å². The Morgan fingerprint density at radius 3 is 2.17 bits per heavy atom. The molecular formula is C8H12N2O2. The van der Waals surface area contributed by atoms with Gasteiger partial charge in [0.25, 0.3) is 0 Å². The number of Topliss-reactive ketones (excluding diaryl/α,β-unsaturated/α-hetero) is 2. The Labute approximate surface area is 71.2 Å². The first-order chi connectivity index (χ1) is 5.57. The van der Waals surface area contributed by atoms with Crippen molar-refractivity contribution in [3.8, 4) is 0 Å². The maximum Gasteiger partial charge on any atom is 0.334 e. The highest BCUT2D eigenvalue weighted by Crippen LogP contribution is 1.97. The highest BCUT2D eigenvalue weighted by molar-refractivity contribution is 6.36. The van der Waals surface area contributed by atoms with Gasteiger partial charge in [-0.05, 0) is 13.3 Å². The van der Waals surface area contributed by atoms with E-state index < -0.39 is 0 Å². The largest absolute Gasteiger partial charge is 0.361 e. The highest BCUT2D eigenvalue weighted by atomic mass is 16.1. The van der Waals surface area contributed by atoms with Crippen LogP contribution in [0.1, 0.15) is 33.1 Å². The minimum atomic E-state index is -0.249. The van der Waals surface area contributed by atoms with Gasteiger partial charge in [0, 0.05) is 13.3 Å². The zero-order valence-electron chi connectivity index (χ0n) is 7.33. The fourth-order valence-corrected chi connectivity index (χ4v) is 0.801. The predicted molar refractivity (Wildman–Crippen MR) is 43.8 cm³/mol. The Hall–Kier alpha value is -1.28. The first-order valence-corrected chi connectivity index (χ1v) is 3.79. The molecular weight excluding hydrogens is 156 g/mol. The van der Waals surface area contributed by atoms with E-state index >= 15 is 0 Å². The molecule has 0 atom stereocenters. The molecule has 4 nitrogen and oxygen atoms in total. The molecule has 0 radical (unpaired) electrons. The van der Waals surface area contributed by atoms with Crippen molar-refractivity contribution in [3.63, 3.8) is 0 Å². The summed E-state index contributed by atoms with van der Waals surface area (Å²) in [6.07, 6.45) is 1.35. The fraction of sp³-hybridized carbons (Fsp3) is 0.625. The van der Waals surface area contributed by atoms with E-state index in [1.807, 2.05) is 0 Å². The van der Waals surface area contributed by atoms with Crippen LogP contribution in [-0.4, -0.2) is 22.1 Å². The fourth-order valence-electron chi connectivity index (χ4n) is 0.801. The summed E-state index contributed by atoms with van der Waals surface area (Å²) in [4.78, 5) is 24.0. The van der Waals surface area contributed by atoms with Crippen LogP contribution >= 0.6 is 0 Å². The summed E-state index contributed by atoms with van der Waals surface area (Å²) >= 11 is 0. The van der Waals surface area contributed by atoms with E-state index in [9.17, 15) is 9.59 Å². The van der Waals surface area contributed by atoms with Crippen molar-refractivity contribution in [2.75, 3.05) is 0 Å². The third kappa shape index (κ3) is 4.52. The molecule has 0 bridgehead atoms. The standard InChI is InChI=1S/C8H12N2O2/c1-6(11)4-3-5-8(10-9)7(2)12/h3-5H2,1-2H3. The Bertz CT molecular complexity index is 239. The van der Waals surface area contributed by atoms with Crippen LogP contribution in [0.4, 0.5) is 0 Å². The van der Waals surface area contributed by atoms with Crippen molar-refractivity contribution in [2.45, 2.75) is 33.1 Å². The van der Waals surface area contributed by atoms with Crippen LogP contribution in [0.25, 0.3) is 5.53 Å². The lowest BCUT2D eigenvalue weighted by atomic mass is 10.1. The molecule has 0 fully saturated rings. The van der Waals surface area contributed by atoms with E-state index in [0.29, 0.717) is 19.3 Å². The molecule has 12 heavy (non-hydrogen) atoms. The number of rotatable bonds is 5. The Kier molecular flexibility index (Phi) is 4.81. The molecule has 0 aromatic heterocycles. The van der Waals surface area contributed by atoms with E-state index in [4.69, 9.17) is 5.53 Å². The van der Waals surface area contributed by atoms with Gasteiger partial charge in [-0.2, -0.15) is 4.79 Å². The summed E-state index contributed by atoms with van der Waals surface area (Å²) in [5.41, 5.74) is 8.48. The lowest BCUT2D eigenvalue weighted by Gasteiger charge is -1.90. The lowest BCUT2D eigenvalue weighted by molar-refractivity contribution is -0.118. The maximum absolute atomic E-state index is 10.7. The van der Waals surface area contributed by atoms with Crippen molar-refractivity contribution in [2.24, 2.45) is 0 Å². The van der Waals surface area contributed by atoms with Crippen LogP contribution in [-0.2, 0) is 9.59 Å². The average Bonchev–Trinajstić information content (AvgIpc) is 1.96. The van der Waals surface area contributed by atoms with Gasteiger partial charge >= 0.3 is 5.71 Å². The topological polar surface area (TPSA) is 70.5 Å². The summed E-state index contributed by atoms with van der Waals surface area (Å²) in [5.74, 6) is -0.170. The van der Waals surface area contributed by atoms with Gasteiger partial charge in [-0.25, -0.2) is 0 Å². The second kappa shape index (κ2) is 5.38. The van der Waals surface area contributed by atoms with Crippen LogP contribution in [0.2, 0.25) is 0 Å². The monoisotopic (exact) mass is 168 g/mol. The summed E-state index contributed by atoms with van der Waals surface area (Å²) in [5, 5.41) is 0. The van der Waals surface area contributed by atoms with Crippen molar-refractivity contribution >= 4 is 17.3 Å². The normalized spacial score (nSPS) is 8.83. The summed E-state index contributed by atoms with van der Waals surface area (Å²) < 4.78 is 0. The smallest absolute Gasteiger partial charge is 0.334 e. The van der Waals surface area contributed by atoms with Gasteiger partial charge < -0.3 is 10.3 Å². The van der Waals surface area contributed by atoms with Gasteiger partial charge in [0.1, 0.15) is 5.78 Å². The van der Waals surface area contributed by atoms with Crippen LogP contribution in [0.3, 0.4) is 0 Å². The zero-order chi connectivity index (χ0) is 9.56. The predicted octanol–water partition coefficient (Wildman–Crippen LogP) is 1.01. The Balaban J connectivity index is 3.84. The second-order valence-electron chi connectivity index (χ2n) is 2.66. The number of carbonyl (C=O) groups excluding carboxylic acids is 2. The van der Waals surface area contributed by atoms with Crippen LogP contribution in [0, 0.1) is 0 Å². The first-order valence-electron chi connectivity index (χ1n) is 3.79. The van der Waals surface area contributed by atoms with Crippen LogP contribution in [0.5, 0.6) is 0 Å². The summed E-state index contributed by atoms with van der Waals surface area (Å²) in [6.45, 7) is 2.83. The second-order valence-corrected chi connectivity index (χ2v) is 2.66. The maximum atomic E-state index is 10.7. The first kappa shape index (κ1) is 10.7. The van der Waals surface area contributed by atoms with Crippen molar-refractivity contribution in [1.29, 1.82) is 0 Å². The third-order valence-electron chi connectivity index (χ3n) is 1.47. The van der Waals surface area contributed by atoms with Crippen LogP contribution in [0.15, 0.2) is 0 Å². The number of ketones is 2. The van der Waals surface area contributed by atoms with Gasteiger partial charge in [-0.1, -0.05) is 0 Å². The van der Waals surface area contributed by atoms with E-state index in [2.05, 4.69) is 4.79 Å². The molecule has 0 rings (SSSR count). The molecule has 0 saturated heterocycles. The molecule has 0 saturated carbocycles. The molecule has 0 amide bonds. The number of nitrogens with zero attached hydrogens (tertiary/aromatic N) is 2. The summed E-state index contributed by atoms with van der Waals surface area (Å²) in [6, 6.07) is 0. The molecule has 0 heterocycles. The number of hydrogen-bond donors (Lipinski definition) is 0. The molecule has 66 valence electrons. The van der Waals surface area contributed by atoms with Crippen molar-refractivity contribution in [1.82, 2.24) is 0 Å². The van der Waals surface area contributed by atoms with Gasteiger partial charge in [0.2, 0.25) is 5.78 Å². The number of hydrogen-bond acceptors (Lipinski definition) is 2. The third-order valence-corrected chi connectivity index (χ3v) is 1.47. The lowest BCUT2D eigenvalue weighted by Crippen LogP contribution is -2.11. The molecule has 0 aromatic rings. The molecule has 0 aliphatic rings. The van der Waals surface area contributed by atoms with E-state index in [1.54, 1.807) is 0 Å². The quantitative estimate of drug-likeness (QED) is 0.349. The van der Waals surface area contributed by atoms with Crippen molar-refractivity contribution < 1.29 is 14.4 Å². The molecule has 0 unspecified atom stereocenters. The van der Waals surface area contributed by atoms with Gasteiger partial charge in [-0.3, -0.25) is 4.79 Å². The molecule has 0 N–H and O–H groups in total. The molecule has 4 heteroatoms. The molecule has 0 aliphatic carbocycles. The Morgan fingerprint density at radius 2 is 1.83 bits per heavy atom. The van der Waals surface area contributed by atoms with E-state index in [0.717, 1.165) is 0 Å². The molecule has 0 spiro atoms. The molecule has 0 aromatic carbocycles. The molecule has 0 aliphatic heterocycles. The average molecular weight is 168 g/mol. The minimum Gasteiger partial charge on any atom is -0.361 e. The SMILES string of the molecule is CC(=O)CCCC(=[N+]=[N-])C(C)=O. The highest BCUT2D eigenvalue weighted by Gasteiger charge is 2.13. The van der Waals surface area contributed by atoms with Crippen molar-refractivity contribution in [3.05, 3.63) is 5.53 Å². The van der Waals surface area contributed by atoms with Gasteiger partial charge in [0.15, 0.2) is 0 Å². The van der Waals surface area contributed by atoms with E-state index in [1.165, 1.54) is 13.8 Å². The summed E-state index contributed by atoms with van der Waals surface area (Å²) in [7, 11) is 0. The van der Waals surface area contributed by atoms with Crippen LogP contribution < -0.4 is 0 Å². The zero-order valence-corrected chi connectivity index (χ0v) is 7.33.